The average Bonchev–Trinajstić information content (AvgIpc) is 3.40. The van der Waals surface area contributed by atoms with Crippen LogP contribution in [0.3, 0.4) is 0 Å². The quantitative estimate of drug-likeness (QED) is 0.537. The Morgan fingerprint density at radius 1 is 1.24 bits per heavy atom. The third-order valence-electron chi connectivity index (χ3n) is 4.94. The normalized spacial score (nSPS) is 17.0. The number of hydrogen-bond acceptors (Lipinski definition) is 7. The molecule has 8 heteroatoms. The molecule has 1 atom stereocenters. The van der Waals surface area contributed by atoms with Crippen LogP contribution in [0.2, 0.25) is 0 Å². The summed E-state index contributed by atoms with van der Waals surface area (Å²) in [5, 5.41) is 4.10. The number of halogens is 1. The SMILES string of the molecule is COCCOc1ccnc(-c2noc(C3CCCN3Cc3ccccc3F)n2)c1. The van der Waals surface area contributed by atoms with Gasteiger partial charge >= 0.3 is 0 Å². The first-order chi connectivity index (χ1) is 14.2. The summed E-state index contributed by atoms with van der Waals surface area (Å²) in [6.07, 6.45) is 3.54. The Labute approximate surface area is 168 Å². The number of benzene rings is 1. The van der Waals surface area contributed by atoms with Gasteiger partial charge < -0.3 is 14.0 Å². The average molecular weight is 398 g/mol. The maximum Gasteiger partial charge on any atom is 0.244 e. The van der Waals surface area contributed by atoms with Crippen molar-refractivity contribution < 1.29 is 18.4 Å². The molecule has 3 heterocycles. The van der Waals surface area contributed by atoms with Crippen LogP contribution < -0.4 is 4.74 Å². The van der Waals surface area contributed by atoms with E-state index in [1.54, 1.807) is 31.5 Å². The van der Waals surface area contributed by atoms with E-state index in [1.165, 1.54) is 6.07 Å². The molecule has 1 unspecified atom stereocenters. The summed E-state index contributed by atoms with van der Waals surface area (Å²) in [5.41, 5.74) is 1.25. The summed E-state index contributed by atoms with van der Waals surface area (Å²) in [6.45, 7) is 2.32. The minimum absolute atomic E-state index is 0.0306. The number of ether oxygens (including phenoxy) is 2. The Hall–Kier alpha value is -2.84. The molecule has 1 aliphatic rings. The van der Waals surface area contributed by atoms with E-state index in [1.807, 2.05) is 12.1 Å². The second-order valence-electron chi connectivity index (χ2n) is 6.89. The molecule has 7 nitrogen and oxygen atoms in total. The molecular weight excluding hydrogens is 375 g/mol. The van der Waals surface area contributed by atoms with E-state index in [0.717, 1.165) is 19.4 Å². The van der Waals surface area contributed by atoms with Crippen LogP contribution in [0.25, 0.3) is 11.5 Å². The highest BCUT2D eigenvalue weighted by Gasteiger charge is 2.31. The van der Waals surface area contributed by atoms with Gasteiger partial charge in [0.1, 0.15) is 23.9 Å². The molecule has 0 aliphatic carbocycles. The minimum atomic E-state index is -0.196. The number of aromatic nitrogens is 3. The van der Waals surface area contributed by atoms with Crippen LogP contribution in [0.15, 0.2) is 47.1 Å². The fourth-order valence-electron chi connectivity index (χ4n) is 3.48. The third-order valence-corrected chi connectivity index (χ3v) is 4.94. The largest absolute Gasteiger partial charge is 0.491 e. The highest BCUT2D eigenvalue weighted by molar-refractivity contribution is 5.50. The molecule has 0 N–H and O–H groups in total. The molecule has 0 saturated carbocycles. The fraction of sp³-hybridized carbons (Fsp3) is 0.381. The molecule has 0 amide bonds. The Bertz CT molecular complexity index is 949. The molecule has 0 bridgehead atoms. The van der Waals surface area contributed by atoms with Crippen LogP contribution in [0.4, 0.5) is 4.39 Å². The number of pyridine rings is 1. The van der Waals surface area contributed by atoms with E-state index in [4.69, 9.17) is 14.0 Å². The van der Waals surface area contributed by atoms with Crippen molar-refractivity contribution in [2.45, 2.75) is 25.4 Å². The van der Waals surface area contributed by atoms with Gasteiger partial charge in [0.15, 0.2) is 0 Å². The topological polar surface area (TPSA) is 73.5 Å². The predicted octanol–water partition coefficient (Wildman–Crippen LogP) is 3.63. The first-order valence-electron chi connectivity index (χ1n) is 9.64. The summed E-state index contributed by atoms with van der Waals surface area (Å²) in [5.74, 6) is 1.41. The molecule has 1 aromatic carbocycles. The van der Waals surface area contributed by atoms with Crippen molar-refractivity contribution in [2.75, 3.05) is 26.9 Å². The summed E-state index contributed by atoms with van der Waals surface area (Å²) in [6, 6.07) is 10.4. The zero-order valence-electron chi connectivity index (χ0n) is 16.3. The smallest absolute Gasteiger partial charge is 0.244 e. The summed E-state index contributed by atoms with van der Waals surface area (Å²) in [4.78, 5) is 11.0. The Morgan fingerprint density at radius 2 is 2.14 bits per heavy atom. The summed E-state index contributed by atoms with van der Waals surface area (Å²) >= 11 is 0. The fourth-order valence-corrected chi connectivity index (χ4v) is 3.48. The minimum Gasteiger partial charge on any atom is -0.491 e. The lowest BCUT2D eigenvalue weighted by molar-refractivity contribution is 0.146. The van der Waals surface area contributed by atoms with Gasteiger partial charge in [-0.2, -0.15) is 4.98 Å². The van der Waals surface area contributed by atoms with Crippen LogP contribution in [0, 0.1) is 5.82 Å². The molecule has 1 aliphatic heterocycles. The molecule has 1 saturated heterocycles. The lowest BCUT2D eigenvalue weighted by Gasteiger charge is -2.21. The van der Waals surface area contributed by atoms with Gasteiger partial charge in [-0.1, -0.05) is 23.4 Å². The van der Waals surface area contributed by atoms with E-state index in [9.17, 15) is 4.39 Å². The molecule has 0 spiro atoms. The number of rotatable bonds is 8. The van der Waals surface area contributed by atoms with Crippen molar-refractivity contribution in [2.24, 2.45) is 0 Å². The molecule has 2 aromatic heterocycles. The molecule has 29 heavy (non-hydrogen) atoms. The van der Waals surface area contributed by atoms with Gasteiger partial charge in [0.25, 0.3) is 0 Å². The molecular formula is C21H23FN4O3. The predicted molar refractivity (Wildman–Crippen MR) is 104 cm³/mol. The maximum absolute atomic E-state index is 14.0. The van der Waals surface area contributed by atoms with Gasteiger partial charge in [0.05, 0.1) is 12.6 Å². The van der Waals surface area contributed by atoms with Crippen molar-refractivity contribution in [3.8, 4) is 17.3 Å². The van der Waals surface area contributed by atoms with Gasteiger partial charge in [-0.05, 0) is 31.5 Å². The standard InChI is InChI=1S/C21H23FN4O3/c1-27-11-12-28-16-8-9-23-18(13-16)20-24-21(29-25-20)19-7-4-10-26(19)14-15-5-2-3-6-17(15)22/h2-3,5-6,8-9,13,19H,4,7,10-12,14H2,1H3. The van der Waals surface area contributed by atoms with Gasteiger partial charge in [-0.25, -0.2) is 4.39 Å². The van der Waals surface area contributed by atoms with Crippen LogP contribution in [0.5, 0.6) is 5.75 Å². The number of nitrogens with zero attached hydrogens (tertiary/aromatic N) is 4. The molecule has 0 radical (unpaired) electrons. The van der Waals surface area contributed by atoms with Gasteiger partial charge in [0.2, 0.25) is 11.7 Å². The van der Waals surface area contributed by atoms with Crippen LogP contribution in [-0.2, 0) is 11.3 Å². The van der Waals surface area contributed by atoms with Crippen molar-refractivity contribution >= 4 is 0 Å². The maximum atomic E-state index is 14.0. The molecule has 3 aromatic rings. The number of methoxy groups -OCH3 is 1. The van der Waals surface area contributed by atoms with E-state index >= 15 is 0 Å². The zero-order chi connectivity index (χ0) is 20.1. The van der Waals surface area contributed by atoms with E-state index in [2.05, 4.69) is 20.0 Å². The van der Waals surface area contributed by atoms with Gasteiger partial charge in [-0.3, -0.25) is 9.88 Å². The number of likely N-dealkylation sites (tertiary alicyclic amines) is 1. The lowest BCUT2D eigenvalue weighted by atomic mass is 10.1. The monoisotopic (exact) mass is 398 g/mol. The van der Waals surface area contributed by atoms with E-state index in [-0.39, 0.29) is 11.9 Å². The molecule has 1 fully saturated rings. The van der Waals surface area contributed by atoms with Crippen molar-refractivity contribution in [1.29, 1.82) is 0 Å². The first-order valence-corrected chi connectivity index (χ1v) is 9.64. The summed E-state index contributed by atoms with van der Waals surface area (Å²) in [7, 11) is 1.63. The highest BCUT2D eigenvalue weighted by atomic mass is 19.1. The molecule has 152 valence electrons. The first kappa shape index (κ1) is 19.5. The van der Waals surface area contributed by atoms with Crippen molar-refractivity contribution in [3.63, 3.8) is 0 Å². The van der Waals surface area contributed by atoms with Crippen molar-refractivity contribution in [3.05, 3.63) is 59.9 Å². The second kappa shape index (κ2) is 9.11. The lowest BCUT2D eigenvalue weighted by Crippen LogP contribution is -2.23. The summed E-state index contributed by atoms with van der Waals surface area (Å²) < 4.78 is 30.2. The Kier molecular flexibility index (Phi) is 6.12. The van der Waals surface area contributed by atoms with Gasteiger partial charge in [-0.15, -0.1) is 0 Å². The Morgan fingerprint density at radius 3 is 3.00 bits per heavy atom. The van der Waals surface area contributed by atoms with Crippen molar-refractivity contribution in [1.82, 2.24) is 20.0 Å². The van der Waals surface area contributed by atoms with Crippen LogP contribution in [-0.4, -0.2) is 46.9 Å². The highest BCUT2D eigenvalue weighted by Crippen LogP contribution is 2.33. The van der Waals surface area contributed by atoms with Crippen LogP contribution >= 0.6 is 0 Å². The van der Waals surface area contributed by atoms with E-state index in [0.29, 0.717) is 48.5 Å². The second-order valence-corrected chi connectivity index (χ2v) is 6.89. The van der Waals surface area contributed by atoms with Gasteiger partial charge in [0, 0.05) is 31.5 Å². The Balaban J connectivity index is 1.48. The third kappa shape index (κ3) is 4.60. The van der Waals surface area contributed by atoms with Crippen LogP contribution in [0.1, 0.15) is 30.3 Å². The zero-order valence-corrected chi connectivity index (χ0v) is 16.3. The number of hydrogen-bond donors (Lipinski definition) is 0. The molecule has 4 rings (SSSR count). The van der Waals surface area contributed by atoms with E-state index < -0.39 is 0 Å².